The summed E-state index contributed by atoms with van der Waals surface area (Å²) in [4.78, 5) is 0. The number of nitrogens with one attached hydrogen (secondary N) is 2. The van der Waals surface area contributed by atoms with Crippen LogP contribution in [0.15, 0.2) is 24.3 Å². The lowest BCUT2D eigenvalue weighted by atomic mass is 9.86. The van der Waals surface area contributed by atoms with E-state index < -0.39 is 21.1 Å². The maximum absolute atomic E-state index is 12.2. The second-order valence-electron chi connectivity index (χ2n) is 7.90. The highest BCUT2D eigenvalue weighted by Crippen LogP contribution is 2.28. The molecule has 0 atom stereocenters. The molecule has 5 nitrogen and oxygen atoms in total. The molecule has 0 radical (unpaired) electrons. The molecule has 0 unspecified atom stereocenters. The van der Waals surface area contributed by atoms with Gasteiger partial charge in [-0.3, -0.25) is 0 Å². The monoisotopic (exact) mass is 408 g/mol. The van der Waals surface area contributed by atoms with E-state index >= 15 is 0 Å². The van der Waals surface area contributed by atoms with E-state index in [0.717, 1.165) is 31.4 Å². The number of alkyl halides is 3. The van der Waals surface area contributed by atoms with Crippen molar-refractivity contribution in [3.63, 3.8) is 0 Å². The van der Waals surface area contributed by atoms with Crippen LogP contribution >= 0.6 is 0 Å². The summed E-state index contributed by atoms with van der Waals surface area (Å²) in [6.45, 7) is 5.72. The Bertz CT molecular complexity index is 705. The van der Waals surface area contributed by atoms with Gasteiger partial charge in [0.15, 0.2) is 0 Å². The standard InChI is InChI=1S/C18H27F3N2O3S/c1-17(2,3)27(24,25)23-15-6-4-13(5-7-15)12-22-14-8-10-16(11-9-14)26-18(19,20)21/h8-11,13,15,22-23H,4-7,12H2,1-3H3. The van der Waals surface area contributed by atoms with Gasteiger partial charge < -0.3 is 10.1 Å². The molecule has 1 aliphatic carbocycles. The molecule has 0 amide bonds. The van der Waals surface area contributed by atoms with Crippen LogP contribution in [0.3, 0.4) is 0 Å². The molecule has 0 aliphatic heterocycles. The van der Waals surface area contributed by atoms with Gasteiger partial charge in [0.2, 0.25) is 10.0 Å². The number of rotatable bonds is 6. The quantitative estimate of drug-likeness (QED) is 0.738. The summed E-state index contributed by atoms with van der Waals surface area (Å²) < 4.78 is 66.7. The number of halogens is 3. The zero-order valence-electron chi connectivity index (χ0n) is 15.8. The van der Waals surface area contributed by atoms with E-state index in [1.165, 1.54) is 12.1 Å². The predicted octanol–water partition coefficient (Wildman–Crippen LogP) is 4.27. The van der Waals surface area contributed by atoms with Gasteiger partial charge in [-0.05, 0) is 76.6 Å². The molecule has 0 saturated heterocycles. The molecular formula is C18H27F3N2O3S. The fourth-order valence-electron chi connectivity index (χ4n) is 2.92. The van der Waals surface area contributed by atoms with Gasteiger partial charge in [0.1, 0.15) is 5.75 Å². The summed E-state index contributed by atoms with van der Waals surface area (Å²) in [6.07, 6.45) is -1.36. The van der Waals surface area contributed by atoms with Gasteiger partial charge in [-0.25, -0.2) is 13.1 Å². The van der Waals surface area contributed by atoms with Crippen molar-refractivity contribution in [2.24, 2.45) is 5.92 Å². The van der Waals surface area contributed by atoms with Crippen LogP contribution in [0.25, 0.3) is 0 Å². The molecule has 1 aromatic rings. The molecule has 0 bridgehead atoms. The minimum atomic E-state index is -4.69. The summed E-state index contributed by atoms with van der Waals surface area (Å²) in [5.74, 6) is 0.145. The summed E-state index contributed by atoms with van der Waals surface area (Å²) >= 11 is 0. The Kier molecular flexibility index (Phi) is 6.68. The first-order valence-corrected chi connectivity index (χ1v) is 10.5. The van der Waals surface area contributed by atoms with Gasteiger partial charge in [-0.15, -0.1) is 13.2 Å². The smallest absolute Gasteiger partial charge is 0.406 e. The van der Waals surface area contributed by atoms with E-state index in [2.05, 4.69) is 14.8 Å². The topological polar surface area (TPSA) is 67.4 Å². The molecule has 154 valence electrons. The Morgan fingerprint density at radius 3 is 2.07 bits per heavy atom. The Balaban J connectivity index is 1.76. The fraction of sp³-hybridized carbons (Fsp3) is 0.667. The average Bonchev–Trinajstić information content (AvgIpc) is 2.53. The Labute approximate surface area is 158 Å². The first kappa shape index (κ1) is 21.8. The van der Waals surface area contributed by atoms with Crippen molar-refractivity contribution in [2.75, 3.05) is 11.9 Å². The second kappa shape index (κ2) is 8.26. The Hall–Kier alpha value is -1.48. The molecule has 27 heavy (non-hydrogen) atoms. The first-order valence-electron chi connectivity index (χ1n) is 8.97. The molecule has 1 saturated carbocycles. The number of hydrogen-bond donors (Lipinski definition) is 2. The maximum Gasteiger partial charge on any atom is 0.573 e. The SMILES string of the molecule is CC(C)(C)S(=O)(=O)NC1CCC(CNc2ccc(OC(F)(F)F)cc2)CC1. The summed E-state index contributed by atoms with van der Waals surface area (Å²) in [7, 11) is -3.34. The van der Waals surface area contributed by atoms with Gasteiger partial charge in [-0.1, -0.05) is 0 Å². The number of hydrogen-bond acceptors (Lipinski definition) is 4. The van der Waals surface area contributed by atoms with Crippen molar-refractivity contribution in [1.82, 2.24) is 4.72 Å². The lowest BCUT2D eigenvalue weighted by Crippen LogP contribution is -2.46. The lowest BCUT2D eigenvalue weighted by molar-refractivity contribution is -0.274. The molecule has 9 heteroatoms. The molecule has 1 fully saturated rings. The normalized spacial score (nSPS) is 21.7. The summed E-state index contributed by atoms with van der Waals surface area (Å²) in [5, 5.41) is 3.22. The summed E-state index contributed by atoms with van der Waals surface area (Å²) in [6, 6.07) is 5.60. The molecule has 2 rings (SSSR count). The molecule has 1 aliphatic rings. The average molecular weight is 408 g/mol. The maximum atomic E-state index is 12.2. The van der Waals surface area contributed by atoms with Crippen LogP contribution < -0.4 is 14.8 Å². The van der Waals surface area contributed by atoms with Gasteiger partial charge in [0.05, 0.1) is 4.75 Å². The van der Waals surface area contributed by atoms with Crippen molar-refractivity contribution in [2.45, 2.75) is 63.6 Å². The van der Waals surface area contributed by atoms with Crippen LogP contribution in [-0.2, 0) is 10.0 Å². The lowest BCUT2D eigenvalue weighted by Gasteiger charge is -2.31. The van der Waals surface area contributed by atoms with Crippen LogP contribution in [-0.4, -0.2) is 32.1 Å². The zero-order chi connectivity index (χ0) is 20.3. The van der Waals surface area contributed by atoms with Gasteiger partial charge in [0, 0.05) is 18.3 Å². The first-order chi connectivity index (χ1) is 12.4. The van der Waals surface area contributed by atoms with E-state index in [1.54, 1.807) is 32.9 Å². The van der Waals surface area contributed by atoms with E-state index in [9.17, 15) is 21.6 Å². The Morgan fingerprint density at radius 1 is 1.04 bits per heavy atom. The van der Waals surface area contributed by atoms with Crippen LogP contribution in [0.1, 0.15) is 46.5 Å². The van der Waals surface area contributed by atoms with Crippen LogP contribution in [0, 0.1) is 5.92 Å². The number of sulfonamides is 1. The molecule has 0 heterocycles. The predicted molar refractivity (Wildman–Crippen MR) is 99.2 cm³/mol. The van der Waals surface area contributed by atoms with Crippen LogP contribution in [0.4, 0.5) is 18.9 Å². The van der Waals surface area contributed by atoms with Gasteiger partial charge in [-0.2, -0.15) is 0 Å². The highest BCUT2D eigenvalue weighted by Gasteiger charge is 2.33. The van der Waals surface area contributed by atoms with Gasteiger partial charge in [0.25, 0.3) is 0 Å². The highest BCUT2D eigenvalue weighted by atomic mass is 32.2. The van der Waals surface area contributed by atoms with Crippen molar-refractivity contribution in [3.05, 3.63) is 24.3 Å². The molecule has 0 spiro atoms. The fourth-order valence-corrected chi connectivity index (χ4v) is 3.95. The molecular weight excluding hydrogens is 381 g/mol. The zero-order valence-corrected chi connectivity index (χ0v) is 16.6. The minimum Gasteiger partial charge on any atom is -0.406 e. The molecule has 1 aromatic carbocycles. The molecule has 2 N–H and O–H groups in total. The minimum absolute atomic E-state index is 0.0377. The largest absolute Gasteiger partial charge is 0.573 e. The number of ether oxygens (including phenoxy) is 1. The van der Waals surface area contributed by atoms with Crippen molar-refractivity contribution >= 4 is 15.7 Å². The van der Waals surface area contributed by atoms with Crippen molar-refractivity contribution in [1.29, 1.82) is 0 Å². The third-order valence-corrected chi connectivity index (χ3v) is 6.91. The van der Waals surface area contributed by atoms with E-state index in [0.29, 0.717) is 12.5 Å². The van der Waals surface area contributed by atoms with Crippen molar-refractivity contribution < 1.29 is 26.3 Å². The Morgan fingerprint density at radius 2 is 1.59 bits per heavy atom. The van der Waals surface area contributed by atoms with E-state index in [1.807, 2.05) is 0 Å². The van der Waals surface area contributed by atoms with Crippen LogP contribution in [0.5, 0.6) is 5.75 Å². The summed E-state index contributed by atoms with van der Waals surface area (Å²) in [5.41, 5.74) is 0.722. The third-order valence-electron chi connectivity index (χ3n) is 4.66. The van der Waals surface area contributed by atoms with E-state index in [4.69, 9.17) is 0 Å². The molecule has 0 aromatic heterocycles. The number of anilines is 1. The third kappa shape index (κ3) is 6.88. The van der Waals surface area contributed by atoms with Gasteiger partial charge >= 0.3 is 6.36 Å². The second-order valence-corrected chi connectivity index (χ2v) is 10.4. The van der Waals surface area contributed by atoms with Crippen LogP contribution in [0.2, 0.25) is 0 Å². The highest BCUT2D eigenvalue weighted by molar-refractivity contribution is 7.90. The number of benzene rings is 1. The van der Waals surface area contributed by atoms with E-state index in [-0.39, 0.29) is 11.8 Å². The van der Waals surface area contributed by atoms with Crippen molar-refractivity contribution in [3.8, 4) is 5.75 Å².